The minimum atomic E-state index is 0.412. The summed E-state index contributed by atoms with van der Waals surface area (Å²) < 4.78 is 6.06. The highest BCUT2D eigenvalue weighted by Gasteiger charge is 2.21. The first-order valence-electron chi connectivity index (χ1n) is 11.0. The van der Waals surface area contributed by atoms with Gasteiger partial charge in [-0.2, -0.15) is 0 Å². The number of ether oxygens (including phenoxy) is 1. The second-order valence-corrected chi connectivity index (χ2v) is 7.92. The van der Waals surface area contributed by atoms with Gasteiger partial charge in [-0.1, -0.05) is 12.1 Å². The van der Waals surface area contributed by atoms with E-state index in [0.29, 0.717) is 6.10 Å². The summed E-state index contributed by atoms with van der Waals surface area (Å²) in [6.45, 7) is 4.47. The third-order valence-corrected chi connectivity index (χ3v) is 5.85. The Labute approximate surface area is 179 Å². The van der Waals surface area contributed by atoms with Crippen LogP contribution in [0.4, 0.5) is 5.95 Å². The van der Waals surface area contributed by atoms with Crippen molar-refractivity contribution in [1.29, 1.82) is 0 Å². The van der Waals surface area contributed by atoms with Gasteiger partial charge >= 0.3 is 0 Å². The molecule has 2 fully saturated rings. The molecule has 1 aromatic carbocycles. The number of rotatable bonds is 6. The van der Waals surface area contributed by atoms with E-state index in [1.165, 1.54) is 31.2 Å². The lowest BCUT2D eigenvalue weighted by Gasteiger charge is -2.36. The predicted molar refractivity (Wildman–Crippen MR) is 120 cm³/mol. The van der Waals surface area contributed by atoms with Crippen LogP contribution < -0.4 is 15.0 Å². The van der Waals surface area contributed by atoms with Gasteiger partial charge in [0.25, 0.3) is 0 Å². The molecule has 1 aliphatic carbocycles. The van der Waals surface area contributed by atoms with Crippen LogP contribution in [0.15, 0.2) is 47.7 Å². The lowest BCUT2D eigenvalue weighted by molar-refractivity contribution is 0.210. The van der Waals surface area contributed by atoms with E-state index in [0.717, 1.165) is 56.8 Å². The summed E-state index contributed by atoms with van der Waals surface area (Å²) >= 11 is 0. The van der Waals surface area contributed by atoms with Crippen molar-refractivity contribution in [3.63, 3.8) is 0 Å². The first-order chi connectivity index (χ1) is 14.8. The smallest absolute Gasteiger partial charge is 0.225 e. The predicted octanol–water partition coefficient (Wildman–Crippen LogP) is 2.74. The number of nitrogens with zero attached hydrogens (tertiary/aromatic N) is 5. The maximum atomic E-state index is 6.06. The van der Waals surface area contributed by atoms with Gasteiger partial charge in [0.05, 0.1) is 6.10 Å². The van der Waals surface area contributed by atoms with Crippen molar-refractivity contribution in [1.82, 2.24) is 20.2 Å². The van der Waals surface area contributed by atoms with Gasteiger partial charge in [0.1, 0.15) is 5.75 Å². The molecule has 160 valence electrons. The third kappa shape index (κ3) is 5.40. The van der Waals surface area contributed by atoms with Crippen LogP contribution >= 0.6 is 0 Å². The van der Waals surface area contributed by atoms with Gasteiger partial charge in [0, 0.05) is 52.2 Å². The lowest BCUT2D eigenvalue weighted by Crippen LogP contribution is -2.53. The fourth-order valence-electron chi connectivity index (χ4n) is 4.16. The molecule has 2 heterocycles. The van der Waals surface area contributed by atoms with Crippen molar-refractivity contribution >= 4 is 11.9 Å². The average molecular weight is 409 g/mol. The number of piperazine rings is 1. The maximum Gasteiger partial charge on any atom is 0.225 e. The molecule has 0 atom stereocenters. The zero-order valence-electron chi connectivity index (χ0n) is 17.8. The molecule has 7 heteroatoms. The Kier molecular flexibility index (Phi) is 7.00. The highest BCUT2D eigenvalue weighted by atomic mass is 16.5. The van der Waals surface area contributed by atoms with Gasteiger partial charge in [0.15, 0.2) is 5.96 Å². The zero-order chi connectivity index (χ0) is 20.6. The molecule has 1 saturated carbocycles. The second-order valence-electron chi connectivity index (χ2n) is 7.92. The Morgan fingerprint density at radius 1 is 1.07 bits per heavy atom. The van der Waals surface area contributed by atoms with Crippen molar-refractivity contribution in [2.45, 2.75) is 38.2 Å². The molecule has 2 aromatic rings. The van der Waals surface area contributed by atoms with Gasteiger partial charge in [-0.15, -0.1) is 0 Å². The van der Waals surface area contributed by atoms with Crippen molar-refractivity contribution in [2.75, 3.05) is 44.7 Å². The van der Waals surface area contributed by atoms with Crippen LogP contribution in [0.1, 0.15) is 31.2 Å². The van der Waals surface area contributed by atoms with E-state index in [1.54, 1.807) is 12.4 Å². The van der Waals surface area contributed by atoms with Crippen molar-refractivity contribution < 1.29 is 4.74 Å². The zero-order valence-corrected chi connectivity index (χ0v) is 17.8. The molecule has 0 spiro atoms. The first kappa shape index (κ1) is 20.4. The average Bonchev–Trinajstić information content (AvgIpc) is 3.32. The van der Waals surface area contributed by atoms with E-state index in [-0.39, 0.29) is 0 Å². The van der Waals surface area contributed by atoms with Crippen LogP contribution in [-0.2, 0) is 6.42 Å². The van der Waals surface area contributed by atoms with Gasteiger partial charge in [0.2, 0.25) is 5.95 Å². The Balaban J connectivity index is 1.20. The number of guanidine groups is 1. The van der Waals surface area contributed by atoms with Crippen LogP contribution in [0.5, 0.6) is 5.75 Å². The third-order valence-electron chi connectivity index (χ3n) is 5.85. The fraction of sp³-hybridized carbons (Fsp3) is 0.522. The Morgan fingerprint density at radius 3 is 2.43 bits per heavy atom. The molecule has 0 unspecified atom stereocenters. The number of aliphatic imine (C=N–C) groups is 1. The molecule has 1 aliphatic heterocycles. The van der Waals surface area contributed by atoms with E-state index < -0.39 is 0 Å². The second kappa shape index (κ2) is 10.3. The van der Waals surface area contributed by atoms with E-state index in [9.17, 15) is 0 Å². The summed E-state index contributed by atoms with van der Waals surface area (Å²) in [4.78, 5) is 17.7. The Hall–Kier alpha value is -2.83. The molecule has 4 rings (SSSR count). The molecule has 0 bridgehead atoms. The highest BCUT2D eigenvalue weighted by molar-refractivity contribution is 5.80. The Morgan fingerprint density at radius 2 is 1.77 bits per heavy atom. The van der Waals surface area contributed by atoms with E-state index in [1.807, 2.05) is 13.1 Å². The lowest BCUT2D eigenvalue weighted by atomic mass is 10.1. The summed E-state index contributed by atoms with van der Waals surface area (Å²) in [5.41, 5.74) is 1.31. The molecular formula is C23H32N6O. The number of nitrogens with one attached hydrogen (secondary N) is 1. The minimum Gasteiger partial charge on any atom is -0.490 e. The minimum absolute atomic E-state index is 0.412. The molecule has 0 amide bonds. The van der Waals surface area contributed by atoms with E-state index in [2.05, 4.69) is 54.3 Å². The van der Waals surface area contributed by atoms with Crippen molar-refractivity contribution in [3.8, 4) is 5.75 Å². The summed E-state index contributed by atoms with van der Waals surface area (Å²) in [5, 5.41) is 3.51. The number of hydrogen-bond acceptors (Lipinski definition) is 5. The van der Waals surface area contributed by atoms with Crippen LogP contribution in [-0.4, -0.2) is 66.7 Å². The standard InChI is InChI=1S/C23H32N6O/c1-24-22(28-15-17-29(18-16-28)23-25-12-4-13-26-23)27-14-11-19-7-9-21(10-8-19)30-20-5-2-3-6-20/h4,7-10,12-13,20H,2-3,5-6,11,14-18H2,1H3,(H,24,27). The maximum absolute atomic E-state index is 6.06. The SMILES string of the molecule is CN=C(NCCc1ccc(OC2CCCC2)cc1)N1CCN(c2ncccn2)CC1. The number of aromatic nitrogens is 2. The van der Waals surface area contributed by atoms with E-state index >= 15 is 0 Å². The van der Waals surface area contributed by atoms with Crippen molar-refractivity contribution in [3.05, 3.63) is 48.3 Å². The molecule has 1 aromatic heterocycles. The van der Waals surface area contributed by atoms with Crippen LogP contribution in [0, 0.1) is 0 Å². The molecule has 1 N–H and O–H groups in total. The van der Waals surface area contributed by atoms with Gasteiger partial charge in [-0.3, -0.25) is 4.99 Å². The van der Waals surface area contributed by atoms with Gasteiger partial charge in [-0.05, 0) is 55.9 Å². The molecule has 2 aliphatic rings. The molecule has 1 saturated heterocycles. The first-order valence-corrected chi connectivity index (χ1v) is 11.0. The summed E-state index contributed by atoms with van der Waals surface area (Å²) in [6, 6.07) is 10.4. The summed E-state index contributed by atoms with van der Waals surface area (Å²) in [5.74, 6) is 2.76. The topological polar surface area (TPSA) is 65.9 Å². The van der Waals surface area contributed by atoms with Crippen LogP contribution in [0.2, 0.25) is 0 Å². The number of hydrogen-bond donors (Lipinski definition) is 1. The van der Waals surface area contributed by atoms with Crippen LogP contribution in [0.25, 0.3) is 0 Å². The molecule has 0 radical (unpaired) electrons. The monoisotopic (exact) mass is 408 g/mol. The van der Waals surface area contributed by atoms with Gasteiger partial charge < -0.3 is 19.9 Å². The fourth-order valence-corrected chi connectivity index (χ4v) is 4.16. The van der Waals surface area contributed by atoms with Gasteiger partial charge in [-0.25, -0.2) is 9.97 Å². The summed E-state index contributed by atoms with van der Waals surface area (Å²) in [6.07, 6.45) is 9.94. The van der Waals surface area contributed by atoms with E-state index in [4.69, 9.17) is 4.74 Å². The quantitative estimate of drug-likeness (QED) is 0.586. The van der Waals surface area contributed by atoms with Crippen molar-refractivity contribution in [2.24, 2.45) is 4.99 Å². The summed E-state index contributed by atoms with van der Waals surface area (Å²) in [7, 11) is 1.85. The largest absolute Gasteiger partial charge is 0.490 e. The molecular weight excluding hydrogens is 376 g/mol. The van der Waals surface area contributed by atoms with Crippen LogP contribution in [0.3, 0.4) is 0 Å². The number of anilines is 1. The molecule has 30 heavy (non-hydrogen) atoms. The Bertz CT molecular complexity index is 796. The molecule has 7 nitrogen and oxygen atoms in total. The highest BCUT2D eigenvalue weighted by Crippen LogP contribution is 2.24. The normalized spacial score (nSPS) is 18.0. The number of benzene rings is 1.